The minimum Gasteiger partial charge on any atom is -0.247 e. The zero-order chi connectivity index (χ0) is 18.5. The summed E-state index contributed by atoms with van der Waals surface area (Å²) >= 11 is 0. The summed E-state index contributed by atoms with van der Waals surface area (Å²) in [7, 11) is 0. The van der Waals surface area contributed by atoms with Crippen LogP contribution < -0.4 is 0 Å². The largest absolute Gasteiger partial charge is 0.373 e. The van der Waals surface area contributed by atoms with Crippen LogP contribution in [0.3, 0.4) is 0 Å². The SMILES string of the molecule is CC12CC(F)(CF)C(F)(F)C(C(F)(F)C(F)(F)C1(F)F)C2(F)F. The first-order valence-electron chi connectivity index (χ1n) is 6.02. The highest BCUT2D eigenvalue weighted by Gasteiger charge is 2.98. The van der Waals surface area contributed by atoms with Gasteiger partial charge in [0.1, 0.15) is 12.1 Å². The van der Waals surface area contributed by atoms with E-state index in [4.69, 9.17) is 0 Å². The van der Waals surface area contributed by atoms with Gasteiger partial charge >= 0.3 is 17.8 Å². The Labute approximate surface area is 120 Å². The maximum Gasteiger partial charge on any atom is 0.373 e. The van der Waals surface area contributed by atoms with Crippen LogP contribution in [-0.4, -0.2) is 42.0 Å². The summed E-state index contributed by atoms with van der Waals surface area (Å²) in [6.45, 7) is -3.30. The number of hydrogen-bond donors (Lipinski definition) is 0. The van der Waals surface area contributed by atoms with Crippen molar-refractivity contribution in [3.63, 3.8) is 0 Å². The molecule has 2 bridgehead atoms. The van der Waals surface area contributed by atoms with E-state index < -0.39 is 66.6 Å². The predicted octanol–water partition coefficient (Wildman–Crippen LogP) is 4.88. The molecular weight excluding hydrogens is 360 g/mol. The summed E-state index contributed by atoms with van der Waals surface area (Å²) in [4.78, 5) is 0. The lowest BCUT2D eigenvalue weighted by Crippen LogP contribution is -2.84. The number of fused-ring (bicyclic) bond motifs is 2. The Morgan fingerprint density at radius 2 is 1.13 bits per heavy atom. The molecule has 0 aliphatic heterocycles. The average Bonchev–Trinajstić information content (AvgIpc) is 2.33. The highest BCUT2D eigenvalue weighted by atomic mass is 19.4. The Morgan fingerprint density at radius 1 is 0.696 bits per heavy atom. The van der Waals surface area contributed by atoms with E-state index in [-0.39, 0.29) is 0 Å². The van der Waals surface area contributed by atoms with Crippen molar-refractivity contribution in [2.45, 2.75) is 48.6 Å². The molecule has 136 valence electrons. The Morgan fingerprint density at radius 3 is 1.52 bits per heavy atom. The quantitative estimate of drug-likeness (QED) is 0.579. The third kappa shape index (κ3) is 1.53. The van der Waals surface area contributed by atoms with Crippen LogP contribution in [0.2, 0.25) is 0 Å². The molecule has 2 saturated carbocycles. The average molecular weight is 368 g/mol. The fourth-order valence-corrected chi connectivity index (χ4v) is 3.25. The Hall–Kier alpha value is -0.840. The molecule has 0 aromatic rings. The van der Waals surface area contributed by atoms with Crippen molar-refractivity contribution in [2.24, 2.45) is 11.3 Å². The third-order valence-corrected chi connectivity index (χ3v) is 4.77. The standard InChI is InChI=1S/C11H8F12/c1-5-2-6(13,3-12)8(16,17)4(7(5,14)15)9(18,19)11(22,23)10(5,20)21/h4H,2-3H2,1H3. The summed E-state index contributed by atoms with van der Waals surface area (Å²) < 4.78 is 163. The maximum absolute atomic E-state index is 14.0. The van der Waals surface area contributed by atoms with E-state index in [0.29, 0.717) is 0 Å². The second kappa shape index (κ2) is 4.04. The molecule has 2 rings (SSSR count). The van der Waals surface area contributed by atoms with Gasteiger partial charge in [-0.1, -0.05) is 0 Å². The van der Waals surface area contributed by atoms with Crippen molar-refractivity contribution in [3.8, 4) is 0 Å². The number of alkyl halides is 12. The molecule has 2 aliphatic carbocycles. The van der Waals surface area contributed by atoms with Crippen LogP contribution in [-0.2, 0) is 0 Å². The third-order valence-electron chi connectivity index (χ3n) is 4.77. The van der Waals surface area contributed by atoms with Crippen molar-refractivity contribution < 1.29 is 52.7 Å². The monoisotopic (exact) mass is 368 g/mol. The Kier molecular flexibility index (Phi) is 3.25. The topological polar surface area (TPSA) is 0 Å². The summed E-state index contributed by atoms with van der Waals surface area (Å²) in [5, 5.41) is 0. The van der Waals surface area contributed by atoms with Gasteiger partial charge in [0.05, 0.1) is 0 Å². The first-order valence-corrected chi connectivity index (χ1v) is 6.02. The van der Waals surface area contributed by atoms with Gasteiger partial charge in [-0.05, 0) is 6.92 Å². The summed E-state index contributed by atoms with van der Waals surface area (Å²) in [6.07, 6.45) is -2.76. The maximum atomic E-state index is 14.0. The van der Waals surface area contributed by atoms with Crippen LogP contribution in [0.25, 0.3) is 0 Å². The predicted molar refractivity (Wildman–Crippen MR) is 50.8 cm³/mol. The lowest BCUT2D eigenvalue weighted by atomic mass is 9.50. The Bertz CT molecular complexity index is 517. The molecule has 2 fully saturated rings. The van der Waals surface area contributed by atoms with E-state index in [2.05, 4.69) is 0 Å². The van der Waals surface area contributed by atoms with Gasteiger partial charge in [-0.2, -0.15) is 26.3 Å². The molecule has 3 atom stereocenters. The molecule has 0 nitrogen and oxygen atoms in total. The molecule has 0 spiro atoms. The van der Waals surface area contributed by atoms with Crippen LogP contribution in [0, 0.1) is 11.3 Å². The van der Waals surface area contributed by atoms with E-state index >= 15 is 0 Å². The molecule has 12 heteroatoms. The highest BCUT2D eigenvalue weighted by Crippen LogP contribution is 2.76. The fraction of sp³-hybridized carbons (Fsp3) is 1.00. The van der Waals surface area contributed by atoms with Crippen LogP contribution in [0.4, 0.5) is 52.7 Å². The van der Waals surface area contributed by atoms with Gasteiger partial charge in [-0.25, -0.2) is 26.3 Å². The molecule has 23 heavy (non-hydrogen) atoms. The fourth-order valence-electron chi connectivity index (χ4n) is 3.25. The number of halogens is 12. The van der Waals surface area contributed by atoms with Gasteiger partial charge in [-0.15, -0.1) is 0 Å². The molecule has 2 aliphatic rings. The molecule has 0 aromatic heterocycles. The molecular formula is C11H8F12. The smallest absolute Gasteiger partial charge is 0.247 e. The van der Waals surface area contributed by atoms with Crippen molar-refractivity contribution in [1.82, 2.24) is 0 Å². The minimum atomic E-state index is -6.68. The molecule has 0 aromatic carbocycles. The van der Waals surface area contributed by atoms with E-state index in [1.165, 1.54) is 0 Å². The van der Waals surface area contributed by atoms with E-state index in [1.54, 1.807) is 0 Å². The first-order chi connectivity index (χ1) is 9.88. The minimum absolute atomic E-state index is 0.428. The molecule has 0 N–H and O–H groups in total. The number of rotatable bonds is 1. The zero-order valence-electron chi connectivity index (χ0n) is 11.0. The van der Waals surface area contributed by atoms with Gasteiger partial charge in [0, 0.05) is 6.42 Å². The second-order valence-corrected chi connectivity index (χ2v) is 6.06. The first kappa shape index (κ1) is 18.5. The van der Waals surface area contributed by atoms with Gasteiger partial charge in [0.25, 0.3) is 11.8 Å². The van der Waals surface area contributed by atoms with Gasteiger partial charge in [0.15, 0.2) is 5.92 Å². The second-order valence-electron chi connectivity index (χ2n) is 6.06. The van der Waals surface area contributed by atoms with E-state index in [1.807, 2.05) is 0 Å². The van der Waals surface area contributed by atoms with Crippen LogP contribution in [0.5, 0.6) is 0 Å². The lowest BCUT2D eigenvalue weighted by molar-refractivity contribution is -0.486. The normalized spacial score (nSPS) is 45.5. The summed E-state index contributed by atoms with van der Waals surface area (Å²) in [5.41, 5.74) is -9.50. The summed E-state index contributed by atoms with van der Waals surface area (Å²) in [6, 6.07) is 0. The van der Waals surface area contributed by atoms with Crippen molar-refractivity contribution in [2.75, 3.05) is 6.67 Å². The zero-order valence-corrected chi connectivity index (χ0v) is 11.0. The molecule has 0 amide bonds. The van der Waals surface area contributed by atoms with E-state index in [9.17, 15) is 52.7 Å². The highest BCUT2D eigenvalue weighted by molar-refractivity contribution is 5.29. The van der Waals surface area contributed by atoms with Gasteiger partial charge in [0.2, 0.25) is 5.67 Å². The van der Waals surface area contributed by atoms with Gasteiger partial charge < -0.3 is 0 Å². The Balaban J connectivity index is 2.91. The number of hydrogen-bond acceptors (Lipinski definition) is 0. The molecule has 0 heterocycles. The van der Waals surface area contributed by atoms with Crippen LogP contribution in [0.1, 0.15) is 13.3 Å². The molecule has 0 radical (unpaired) electrons. The van der Waals surface area contributed by atoms with Crippen molar-refractivity contribution in [1.29, 1.82) is 0 Å². The van der Waals surface area contributed by atoms with Crippen LogP contribution >= 0.6 is 0 Å². The van der Waals surface area contributed by atoms with Gasteiger partial charge in [-0.3, -0.25) is 0 Å². The van der Waals surface area contributed by atoms with Crippen LogP contribution in [0.15, 0.2) is 0 Å². The van der Waals surface area contributed by atoms with Crippen molar-refractivity contribution >= 4 is 0 Å². The lowest BCUT2D eigenvalue weighted by Gasteiger charge is -2.62. The molecule has 0 saturated heterocycles. The summed E-state index contributed by atoms with van der Waals surface area (Å²) in [5.74, 6) is -36.5. The molecule has 3 unspecified atom stereocenters. The van der Waals surface area contributed by atoms with E-state index in [0.717, 1.165) is 0 Å². The van der Waals surface area contributed by atoms with Crippen molar-refractivity contribution in [3.05, 3.63) is 0 Å².